The molecule has 0 bridgehead atoms. The second-order valence-corrected chi connectivity index (χ2v) is 7.14. The molecule has 4 aromatic rings. The lowest BCUT2D eigenvalue weighted by Crippen LogP contribution is -2.31. The first kappa shape index (κ1) is 19.5. The van der Waals surface area contributed by atoms with Crippen LogP contribution >= 0.6 is 0 Å². The van der Waals surface area contributed by atoms with Gasteiger partial charge in [-0.15, -0.1) is 0 Å². The Morgan fingerprint density at radius 3 is 2.77 bits per heavy atom. The van der Waals surface area contributed by atoms with Gasteiger partial charge in [-0.2, -0.15) is 5.10 Å². The number of nitrogens with zero attached hydrogens (tertiary/aromatic N) is 4. The Hall–Kier alpha value is -3.81. The highest BCUT2D eigenvalue weighted by atomic mass is 16.2. The summed E-state index contributed by atoms with van der Waals surface area (Å²) in [4.78, 5) is 25.4. The molecular formula is C22H23N7O. The maximum atomic E-state index is 12.4. The lowest BCUT2D eigenvalue weighted by atomic mass is 10.1. The second kappa shape index (κ2) is 8.28. The van der Waals surface area contributed by atoms with Gasteiger partial charge in [0.05, 0.1) is 17.3 Å². The van der Waals surface area contributed by atoms with Gasteiger partial charge in [0, 0.05) is 41.3 Å². The Bertz CT molecular complexity index is 1200. The number of carbonyl (C=O) groups excluding carboxylic acids is 1. The molecular weight excluding hydrogens is 378 g/mol. The van der Waals surface area contributed by atoms with Gasteiger partial charge in [-0.1, -0.05) is 6.92 Å². The molecule has 30 heavy (non-hydrogen) atoms. The van der Waals surface area contributed by atoms with Crippen molar-refractivity contribution in [3.63, 3.8) is 0 Å². The van der Waals surface area contributed by atoms with Crippen molar-refractivity contribution in [1.29, 1.82) is 0 Å². The van der Waals surface area contributed by atoms with E-state index in [0.717, 1.165) is 40.0 Å². The molecule has 0 aliphatic rings. The summed E-state index contributed by atoms with van der Waals surface area (Å²) in [5.41, 5.74) is 5.47. The fourth-order valence-corrected chi connectivity index (χ4v) is 3.27. The third kappa shape index (κ3) is 4.12. The van der Waals surface area contributed by atoms with Crippen LogP contribution in [0.25, 0.3) is 22.2 Å². The number of anilines is 1. The average Bonchev–Trinajstić information content (AvgIpc) is 3.17. The number of rotatable bonds is 5. The Morgan fingerprint density at radius 1 is 1.13 bits per heavy atom. The quantitative estimate of drug-likeness (QED) is 0.465. The summed E-state index contributed by atoms with van der Waals surface area (Å²) in [6, 6.07) is 9.05. The van der Waals surface area contributed by atoms with Crippen LogP contribution in [-0.4, -0.2) is 31.2 Å². The molecule has 0 saturated heterocycles. The van der Waals surface area contributed by atoms with Gasteiger partial charge in [-0.3, -0.25) is 20.4 Å². The third-order valence-electron chi connectivity index (χ3n) is 4.90. The van der Waals surface area contributed by atoms with Crippen LogP contribution in [0.4, 0.5) is 10.6 Å². The lowest BCUT2D eigenvalue weighted by molar-refractivity contribution is 0.249. The number of aromatic nitrogens is 5. The Labute approximate surface area is 174 Å². The Balaban J connectivity index is 1.48. The van der Waals surface area contributed by atoms with Crippen LogP contribution in [0, 0.1) is 6.92 Å². The molecule has 0 fully saturated rings. The van der Waals surface area contributed by atoms with Crippen LogP contribution in [0.5, 0.6) is 0 Å². The molecule has 8 nitrogen and oxygen atoms in total. The summed E-state index contributed by atoms with van der Waals surface area (Å²) in [6.07, 6.45) is 6.14. The average molecular weight is 401 g/mol. The normalized spacial score (nSPS) is 12.0. The molecule has 0 unspecified atom stereocenters. The molecule has 0 aromatic carbocycles. The summed E-state index contributed by atoms with van der Waals surface area (Å²) in [5.74, 6) is 0.434. The van der Waals surface area contributed by atoms with Gasteiger partial charge in [-0.25, -0.2) is 9.78 Å². The molecule has 0 saturated carbocycles. The van der Waals surface area contributed by atoms with E-state index in [1.54, 1.807) is 24.7 Å². The molecule has 0 radical (unpaired) electrons. The smallest absolute Gasteiger partial charge is 0.320 e. The highest BCUT2D eigenvalue weighted by molar-refractivity contribution is 5.95. The lowest BCUT2D eigenvalue weighted by Gasteiger charge is -2.14. The van der Waals surface area contributed by atoms with Gasteiger partial charge < -0.3 is 5.32 Å². The highest BCUT2D eigenvalue weighted by Crippen LogP contribution is 2.27. The number of urea groups is 1. The van der Waals surface area contributed by atoms with Crippen LogP contribution in [0.15, 0.2) is 48.9 Å². The number of carbonyl (C=O) groups is 1. The van der Waals surface area contributed by atoms with Gasteiger partial charge in [0.25, 0.3) is 0 Å². The van der Waals surface area contributed by atoms with Crippen molar-refractivity contribution in [2.75, 3.05) is 5.32 Å². The van der Waals surface area contributed by atoms with Crippen LogP contribution in [0.1, 0.15) is 36.8 Å². The topological polar surface area (TPSA) is 108 Å². The van der Waals surface area contributed by atoms with E-state index in [4.69, 9.17) is 0 Å². The monoisotopic (exact) mass is 401 g/mol. The molecule has 1 atom stereocenters. The minimum Gasteiger partial charge on any atom is -0.330 e. The van der Waals surface area contributed by atoms with Crippen molar-refractivity contribution >= 4 is 22.8 Å². The van der Waals surface area contributed by atoms with E-state index >= 15 is 0 Å². The predicted molar refractivity (Wildman–Crippen MR) is 116 cm³/mol. The summed E-state index contributed by atoms with van der Waals surface area (Å²) >= 11 is 0. The van der Waals surface area contributed by atoms with E-state index in [1.807, 2.05) is 38.1 Å². The number of pyridine rings is 3. The third-order valence-corrected chi connectivity index (χ3v) is 4.90. The predicted octanol–water partition coefficient (Wildman–Crippen LogP) is 4.17. The molecule has 4 heterocycles. The molecule has 4 rings (SSSR count). The fourth-order valence-electron chi connectivity index (χ4n) is 3.27. The first-order valence-corrected chi connectivity index (χ1v) is 9.83. The van der Waals surface area contributed by atoms with E-state index in [1.165, 1.54) is 5.56 Å². The zero-order valence-electron chi connectivity index (χ0n) is 17.1. The van der Waals surface area contributed by atoms with E-state index < -0.39 is 0 Å². The first-order valence-electron chi connectivity index (χ1n) is 9.83. The molecule has 152 valence electrons. The van der Waals surface area contributed by atoms with E-state index in [2.05, 4.69) is 42.7 Å². The SMILES string of the molecule is CCc1ccnc([C@@H](C)NC(=O)Nc2cc3[nH]nc(-c4ccnc(C)c4)c3cn2)c1. The highest BCUT2D eigenvalue weighted by Gasteiger charge is 2.14. The number of aryl methyl sites for hydroxylation is 2. The number of H-pyrrole nitrogens is 1. The molecule has 0 aliphatic carbocycles. The largest absolute Gasteiger partial charge is 0.330 e. The van der Waals surface area contributed by atoms with Crippen LogP contribution in [-0.2, 0) is 6.42 Å². The van der Waals surface area contributed by atoms with Gasteiger partial charge in [0.2, 0.25) is 0 Å². The molecule has 4 aromatic heterocycles. The summed E-state index contributed by atoms with van der Waals surface area (Å²) in [5, 5.41) is 14.0. The molecule has 3 N–H and O–H groups in total. The van der Waals surface area contributed by atoms with Gasteiger partial charge in [-0.05, 0) is 50.1 Å². The van der Waals surface area contributed by atoms with Crippen molar-refractivity contribution in [2.45, 2.75) is 33.2 Å². The fraction of sp³-hybridized carbons (Fsp3) is 0.227. The number of hydrogen-bond donors (Lipinski definition) is 3. The van der Waals surface area contributed by atoms with Crippen LogP contribution in [0.2, 0.25) is 0 Å². The minimum absolute atomic E-state index is 0.228. The molecule has 0 spiro atoms. The Morgan fingerprint density at radius 2 is 1.97 bits per heavy atom. The van der Waals surface area contributed by atoms with Crippen molar-refractivity contribution in [3.8, 4) is 11.3 Å². The second-order valence-electron chi connectivity index (χ2n) is 7.14. The summed E-state index contributed by atoms with van der Waals surface area (Å²) in [6.45, 7) is 5.92. The van der Waals surface area contributed by atoms with Crippen molar-refractivity contribution in [3.05, 3.63) is 65.9 Å². The van der Waals surface area contributed by atoms with Crippen LogP contribution < -0.4 is 10.6 Å². The van der Waals surface area contributed by atoms with Crippen molar-refractivity contribution in [2.24, 2.45) is 0 Å². The summed E-state index contributed by atoms with van der Waals surface area (Å²) in [7, 11) is 0. The number of hydrogen-bond acceptors (Lipinski definition) is 5. The maximum absolute atomic E-state index is 12.4. The zero-order valence-corrected chi connectivity index (χ0v) is 17.1. The minimum atomic E-state index is -0.345. The first-order chi connectivity index (χ1) is 14.5. The van der Waals surface area contributed by atoms with Crippen molar-refractivity contribution in [1.82, 2.24) is 30.5 Å². The zero-order chi connectivity index (χ0) is 21.1. The molecule has 0 aliphatic heterocycles. The van der Waals surface area contributed by atoms with E-state index in [-0.39, 0.29) is 12.1 Å². The van der Waals surface area contributed by atoms with E-state index in [9.17, 15) is 4.79 Å². The van der Waals surface area contributed by atoms with Gasteiger partial charge in [0.1, 0.15) is 11.5 Å². The standard InChI is InChI=1S/C22H23N7O/c1-4-15-5-7-24-18(10-15)14(3)26-22(30)27-20-11-19-17(12-25-20)21(29-28-19)16-6-8-23-13(2)9-16/h5-12,14H,4H2,1-3H3,(H,28,29)(H2,25,26,27,30)/t14-/m1/s1. The van der Waals surface area contributed by atoms with Crippen LogP contribution in [0.3, 0.4) is 0 Å². The van der Waals surface area contributed by atoms with E-state index in [0.29, 0.717) is 5.82 Å². The Kier molecular flexibility index (Phi) is 5.38. The van der Waals surface area contributed by atoms with Crippen molar-refractivity contribution < 1.29 is 4.79 Å². The number of nitrogens with one attached hydrogen (secondary N) is 3. The number of fused-ring (bicyclic) bond motifs is 1. The maximum Gasteiger partial charge on any atom is 0.320 e. The van der Waals surface area contributed by atoms with Gasteiger partial charge in [0.15, 0.2) is 0 Å². The number of amides is 2. The summed E-state index contributed by atoms with van der Waals surface area (Å²) < 4.78 is 0. The molecule has 2 amide bonds. The molecule has 8 heteroatoms. The number of aromatic amines is 1. The van der Waals surface area contributed by atoms with Gasteiger partial charge >= 0.3 is 6.03 Å².